The van der Waals surface area contributed by atoms with Gasteiger partial charge in [-0.05, 0) is 58.0 Å². The quantitative estimate of drug-likeness (QED) is 0.874. The zero-order chi connectivity index (χ0) is 15.5. The Kier molecular flexibility index (Phi) is 5.12. The van der Waals surface area contributed by atoms with Gasteiger partial charge in [-0.3, -0.25) is 4.90 Å². The summed E-state index contributed by atoms with van der Waals surface area (Å²) in [5, 5.41) is 3.43. The molecule has 0 amide bonds. The van der Waals surface area contributed by atoms with Gasteiger partial charge in [-0.1, -0.05) is 6.07 Å². The summed E-state index contributed by atoms with van der Waals surface area (Å²) in [4.78, 5) is 2.57. The van der Waals surface area contributed by atoms with Crippen LogP contribution in [0.25, 0.3) is 0 Å². The van der Waals surface area contributed by atoms with Gasteiger partial charge in [0.2, 0.25) is 0 Å². The van der Waals surface area contributed by atoms with Crippen LogP contribution in [0.1, 0.15) is 38.3 Å². The van der Waals surface area contributed by atoms with E-state index >= 15 is 0 Å². The van der Waals surface area contributed by atoms with Crippen LogP contribution in [-0.2, 0) is 0 Å². The number of ether oxygens (including phenoxy) is 2. The number of benzene rings is 1. The molecule has 0 aliphatic carbocycles. The Hall–Kier alpha value is -1.26. The van der Waals surface area contributed by atoms with E-state index in [1.165, 1.54) is 24.9 Å². The fraction of sp³-hybridized carbons (Fsp3) is 0.647. The van der Waals surface area contributed by atoms with Crippen molar-refractivity contribution in [1.29, 1.82) is 0 Å². The van der Waals surface area contributed by atoms with Crippen molar-refractivity contribution in [3.05, 3.63) is 23.8 Å². The van der Waals surface area contributed by atoms with Gasteiger partial charge in [-0.15, -0.1) is 0 Å². The maximum absolute atomic E-state index is 5.42. The average Bonchev–Trinajstić information content (AvgIpc) is 2.82. The number of likely N-dealkylation sites (N-methyl/N-ethyl adjacent to an activating group) is 1. The second-order valence-electron chi connectivity index (χ2n) is 6.32. The van der Waals surface area contributed by atoms with Gasteiger partial charge < -0.3 is 14.8 Å². The van der Waals surface area contributed by atoms with Crippen LogP contribution >= 0.6 is 0 Å². The molecule has 1 aromatic carbocycles. The van der Waals surface area contributed by atoms with Crippen LogP contribution in [0.3, 0.4) is 0 Å². The SMILES string of the molecule is CNC(CN1CCCC1(C)C)c1ccc(OC)c(OC)c1. The van der Waals surface area contributed by atoms with E-state index in [1.807, 2.05) is 13.1 Å². The molecule has 4 heteroatoms. The minimum atomic E-state index is 0.294. The summed E-state index contributed by atoms with van der Waals surface area (Å²) in [6.07, 6.45) is 2.56. The number of hydrogen-bond acceptors (Lipinski definition) is 4. The summed E-state index contributed by atoms with van der Waals surface area (Å²) in [6.45, 7) is 6.86. The van der Waals surface area contributed by atoms with Crippen LogP contribution < -0.4 is 14.8 Å². The van der Waals surface area contributed by atoms with Crippen molar-refractivity contribution in [2.75, 3.05) is 34.4 Å². The van der Waals surface area contributed by atoms with Crippen molar-refractivity contribution in [2.24, 2.45) is 0 Å². The van der Waals surface area contributed by atoms with Crippen molar-refractivity contribution in [3.8, 4) is 11.5 Å². The molecule has 0 radical (unpaired) electrons. The van der Waals surface area contributed by atoms with Gasteiger partial charge in [-0.2, -0.15) is 0 Å². The van der Waals surface area contributed by atoms with Crippen molar-refractivity contribution in [1.82, 2.24) is 10.2 Å². The van der Waals surface area contributed by atoms with Gasteiger partial charge in [0.15, 0.2) is 11.5 Å². The molecule has 1 heterocycles. The molecule has 1 aromatic rings. The van der Waals surface area contributed by atoms with Gasteiger partial charge in [0.1, 0.15) is 0 Å². The van der Waals surface area contributed by atoms with Gasteiger partial charge in [0.25, 0.3) is 0 Å². The minimum Gasteiger partial charge on any atom is -0.493 e. The Morgan fingerprint density at radius 3 is 2.48 bits per heavy atom. The molecule has 1 aliphatic heterocycles. The summed E-state index contributed by atoms with van der Waals surface area (Å²) in [5.41, 5.74) is 1.53. The maximum atomic E-state index is 5.42. The first-order valence-corrected chi connectivity index (χ1v) is 7.66. The standard InChI is InChI=1S/C17H28N2O2/c1-17(2)9-6-10-19(17)12-14(18-3)13-7-8-15(20-4)16(11-13)21-5/h7-8,11,14,18H,6,9-10,12H2,1-5H3. The highest BCUT2D eigenvalue weighted by molar-refractivity contribution is 5.43. The normalized spacial score (nSPS) is 19.5. The van der Waals surface area contributed by atoms with Crippen LogP contribution in [0.5, 0.6) is 11.5 Å². The van der Waals surface area contributed by atoms with Gasteiger partial charge in [0.05, 0.1) is 14.2 Å². The van der Waals surface area contributed by atoms with E-state index in [0.717, 1.165) is 18.0 Å². The number of likely N-dealkylation sites (tertiary alicyclic amines) is 1. The zero-order valence-electron chi connectivity index (χ0n) is 13.9. The van der Waals surface area contributed by atoms with Crippen molar-refractivity contribution in [2.45, 2.75) is 38.3 Å². The summed E-state index contributed by atoms with van der Waals surface area (Å²) in [5.74, 6) is 1.56. The highest BCUT2D eigenvalue weighted by atomic mass is 16.5. The fourth-order valence-electron chi connectivity index (χ4n) is 3.16. The third-order valence-corrected chi connectivity index (χ3v) is 4.63. The third kappa shape index (κ3) is 3.50. The minimum absolute atomic E-state index is 0.294. The average molecular weight is 292 g/mol. The van der Waals surface area contributed by atoms with E-state index in [1.54, 1.807) is 14.2 Å². The Morgan fingerprint density at radius 1 is 1.24 bits per heavy atom. The smallest absolute Gasteiger partial charge is 0.161 e. The molecule has 1 unspecified atom stereocenters. The molecule has 4 nitrogen and oxygen atoms in total. The number of rotatable bonds is 6. The molecule has 0 spiro atoms. The Balaban J connectivity index is 2.17. The largest absolute Gasteiger partial charge is 0.493 e. The molecule has 0 bridgehead atoms. The summed E-state index contributed by atoms with van der Waals surface area (Å²) in [7, 11) is 5.36. The molecular formula is C17H28N2O2. The Morgan fingerprint density at radius 2 is 1.95 bits per heavy atom. The predicted molar refractivity (Wildman–Crippen MR) is 86.2 cm³/mol. The lowest BCUT2D eigenvalue weighted by Gasteiger charge is -2.34. The first kappa shape index (κ1) is 16.1. The van der Waals surface area contributed by atoms with E-state index in [2.05, 4.69) is 36.2 Å². The van der Waals surface area contributed by atoms with Crippen LogP contribution in [0, 0.1) is 0 Å². The van der Waals surface area contributed by atoms with Crippen LogP contribution in [0.15, 0.2) is 18.2 Å². The Labute approximate surface area is 128 Å². The summed E-state index contributed by atoms with van der Waals surface area (Å²) < 4.78 is 10.7. The second kappa shape index (κ2) is 6.67. The lowest BCUT2D eigenvalue weighted by Crippen LogP contribution is -2.42. The highest BCUT2D eigenvalue weighted by Gasteiger charge is 2.33. The molecule has 1 saturated heterocycles. The lowest BCUT2D eigenvalue weighted by molar-refractivity contribution is 0.158. The molecule has 0 saturated carbocycles. The van der Waals surface area contributed by atoms with E-state index < -0.39 is 0 Å². The van der Waals surface area contributed by atoms with E-state index in [-0.39, 0.29) is 0 Å². The van der Waals surface area contributed by atoms with Crippen molar-refractivity contribution >= 4 is 0 Å². The van der Waals surface area contributed by atoms with Crippen LogP contribution in [-0.4, -0.2) is 44.8 Å². The molecule has 2 rings (SSSR count). The topological polar surface area (TPSA) is 33.7 Å². The number of nitrogens with one attached hydrogen (secondary N) is 1. The molecule has 1 atom stereocenters. The zero-order valence-corrected chi connectivity index (χ0v) is 13.9. The number of nitrogens with zero attached hydrogens (tertiary/aromatic N) is 1. The third-order valence-electron chi connectivity index (χ3n) is 4.63. The van der Waals surface area contributed by atoms with Crippen LogP contribution in [0.4, 0.5) is 0 Å². The fourth-order valence-corrected chi connectivity index (χ4v) is 3.16. The first-order valence-electron chi connectivity index (χ1n) is 7.66. The van der Waals surface area contributed by atoms with E-state index in [4.69, 9.17) is 9.47 Å². The molecule has 21 heavy (non-hydrogen) atoms. The van der Waals surface area contributed by atoms with E-state index in [0.29, 0.717) is 11.6 Å². The van der Waals surface area contributed by atoms with Crippen molar-refractivity contribution in [3.63, 3.8) is 0 Å². The summed E-state index contributed by atoms with van der Waals surface area (Å²) in [6, 6.07) is 6.46. The second-order valence-corrected chi connectivity index (χ2v) is 6.32. The molecule has 118 valence electrons. The number of hydrogen-bond donors (Lipinski definition) is 1. The van der Waals surface area contributed by atoms with Gasteiger partial charge >= 0.3 is 0 Å². The summed E-state index contributed by atoms with van der Waals surface area (Å²) >= 11 is 0. The first-order chi connectivity index (χ1) is 10.0. The van der Waals surface area contributed by atoms with Gasteiger partial charge in [0, 0.05) is 18.1 Å². The maximum Gasteiger partial charge on any atom is 0.161 e. The van der Waals surface area contributed by atoms with Gasteiger partial charge in [-0.25, -0.2) is 0 Å². The predicted octanol–water partition coefficient (Wildman–Crippen LogP) is 2.84. The lowest BCUT2D eigenvalue weighted by atomic mass is 10.00. The highest BCUT2D eigenvalue weighted by Crippen LogP contribution is 2.33. The number of methoxy groups -OCH3 is 2. The monoisotopic (exact) mass is 292 g/mol. The molecular weight excluding hydrogens is 264 g/mol. The van der Waals surface area contributed by atoms with E-state index in [9.17, 15) is 0 Å². The molecule has 1 N–H and O–H groups in total. The molecule has 1 aliphatic rings. The van der Waals surface area contributed by atoms with Crippen molar-refractivity contribution < 1.29 is 9.47 Å². The van der Waals surface area contributed by atoms with Crippen LogP contribution in [0.2, 0.25) is 0 Å². The molecule has 0 aromatic heterocycles. The molecule has 1 fully saturated rings. The Bertz CT molecular complexity index is 474.